The van der Waals surface area contributed by atoms with Crippen LogP contribution in [0.2, 0.25) is 0 Å². The summed E-state index contributed by atoms with van der Waals surface area (Å²) in [6, 6.07) is 0. The molecule has 0 aromatic rings. The van der Waals surface area contributed by atoms with Crippen molar-refractivity contribution in [2.45, 2.75) is 13.1 Å². The zero-order valence-corrected chi connectivity index (χ0v) is 9.76. The number of hydrogen-bond donors (Lipinski definition) is 1. The van der Waals surface area contributed by atoms with E-state index in [4.69, 9.17) is 11.6 Å². The number of nitrogens with one attached hydrogen (secondary N) is 1. The maximum Gasteiger partial charge on any atom is 0.258 e. The lowest BCUT2D eigenvalue weighted by Crippen LogP contribution is -2.49. The van der Waals surface area contributed by atoms with Crippen molar-refractivity contribution in [3.8, 4) is 0 Å². The van der Waals surface area contributed by atoms with E-state index in [0.717, 1.165) is 4.48 Å². The van der Waals surface area contributed by atoms with Crippen molar-refractivity contribution in [1.29, 1.82) is 0 Å². The molecule has 5 heteroatoms. The Morgan fingerprint density at radius 2 is 2.36 bits per heavy atom. The Morgan fingerprint density at radius 3 is 3.07 bits per heavy atom. The minimum Gasteiger partial charge on any atom is -0.352 e. The molecule has 74 valence electrons. The molecule has 2 heterocycles. The van der Waals surface area contributed by atoms with Crippen LogP contribution in [0.15, 0.2) is 33.6 Å². The van der Waals surface area contributed by atoms with E-state index in [1.54, 1.807) is 18.0 Å². The van der Waals surface area contributed by atoms with Gasteiger partial charge in [-0.2, -0.15) is 0 Å². The van der Waals surface area contributed by atoms with Crippen molar-refractivity contribution in [3.05, 3.63) is 33.6 Å². The number of fused-ring (bicyclic) bond motifs is 1. The maximum absolute atomic E-state index is 11.8. The molecule has 2 aliphatic heterocycles. The summed E-state index contributed by atoms with van der Waals surface area (Å²) in [7, 11) is 0. The van der Waals surface area contributed by atoms with Gasteiger partial charge in [0.05, 0.1) is 0 Å². The monoisotopic (exact) mass is 274 g/mol. The molecule has 14 heavy (non-hydrogen) atoms. The highest BCUT2D eigenvalue weighted by molar-refractivity contribution is 9.11. The maximum atomic E-state index is 11.8. The van der Waals surface area contributed by atoms with Crippen LogP contribution in [0.25, 0.3) is 0 Å². The largest absolute Gasteiger partial charge is 0.352 e. The Morgan fingerprint density at radius 1 is 1.64 bits per heavy atom. The lowest BCUT2D eigenvalue weighted by atomic mass is 10.2. The molecule has 2 aliphatic rings. The fraction of sp³-hybridized carbons (Fsp3) is 0.222. The summed E-state index contributed by atoms with van der Waals surface area (Å²) in [5, 5.41) is 3.44. The van der Waals surface area contributed by atoms with Crippen molar-refractivity contribution in [1.82, 2.24) is 10.2 Å². The second-order valence-electron chi connectivity index (χ2n) is 3.11. The molecule has 1 amide bonds. The number of halogens is 2. The second kappa shape index (κ2) is 3.44. The molecule has 1 atom stereocenters. The zero-order valence-electron chi connectivity index (χ0n) is 7.42. The first-order valence-corrected chi connectivity index (χ1v) is 5.28. The fourth-order valence-corrected chi connectivity index (χ4v) is 1.93. The second-order valence-corrected chi connectivity index (χ2v) is 4.41. The van der Waals surface area contributed by atoms with Gasteiger partial charge in [0, 0.05) is 16.3 Å². The smallest absolute Gasteiger partial charge is 0.258 e. The third-order valence-electron chi connectivity index (χ3n) is 2.16. The Balaban J connectivity index is 2.39. The molecule has 0 radical (unpaired) electrons. The summed E-state index contributed by atoms with van der Waals surface area (Å²) in [6.07, 6.45) is 5.33. The molecule has 0 fully saturated rings. The predicted octanol–water partition coefficient (Wildman–Crippen LogP) is 2.02. The van der Waals surface area contributed by atoms with Crippen molar-refractivity contribution in [3.63, 3.8) is 0 Å². The highest BCUT2D eigenvalue weighted by atomic mass is 79.9. The summed E-state index contributed by atoms with van der Waals surface area (Å²) in [6.45, 7) is 1.70. The fourth-order valence-electron chi connectivity index (χ4n) is 1.36. The van der Waals surface area contributed by atoms with Gasteiger partial charge in [-0.15, -0.1) is 0 Å². The van der Waals surface area contributed by atoms with Crippen LogP contribution in [0.3, 0.4) is 0 Å². The molecule has 3 nitrogen and oxygen atoms in total. The zero-order chi connectivity index (χ0) is 10.3. The van der Waals surface area contributed by atoms with Crippen LogP contribution in [-0.2, 0) is 4.79 Å². The third-order valence-corrected chi connectivity index (χ3v) is 3.02. The Labute approximate surface area is 95.2 Å². The molecule has 0 saturated heterocycles. The van der Waals surface area contributed by atoms with Gasteiger partial charge in [-0.25, -0.2) is 0 Å². The van der Waals surface area contributed by atoms with E-state index < -0.39 is 0 Å². The van der Waals surface area contributed by atoms with Crippen LogP contribution < -0.4 is 5.32 Å². The van der Waals surface area contributed by atoms with E-state index in [1.807, 2.05) is 12.2 Å². The first-order valence-electron chi connectivity index (χ1n) is 4.10. The molecule has 0 aromatic heterocycles. The average molecular weight is 276 g/mol. The van der Waals surface area contributed by atoms with Gasteiger partial charge >= 0.3 is 0 Å². The van der Waals surface area contributed by atoms with Crippen LogP contribution in [0, 0.1) is 0 Å². The average Bonchev–Trinajstić information content (AvgIpc) is 2.16. The minimum atomic E-state index is -0.167. The highest BCUT2D eigenvalue weighted by Crippen LogP contribution is 2.24. The lowest BCUT2D eigenvalue weighted by Gasteiger charge is -2.34. The van der Waals surface area contributed by atoms with Gasteiger partial charge in [0.25, 0.3) is 5.91 Å². The topological polar surface area (TPSA) is 32.3 Å². The first-order chi connectivity index (χ1) is 6.59. The van der Waals surface area contributed by atoms with Gasteiger partial charge in [0.2, 0.25) is 0 Å². The van der Waals surface area contributed by atoms with Crippen LogP contribution in [0.5, 0.6) is 0 Å². The Bertz CT molecular complexity index is 386. The van der Waals surface area contributed by atoms with E-state index in [0.29, 0.717) is 10.7 Å². The molecule has 2 rings (SSSR count). The summed E-state index contributed by atoms with van der Waals surface area (Å²) in [4.78, 5) is 13.4. The number of rotatable bonds is 0. The van der Waals surface area contributed by atoms with E-state index in [-0.39, 0.29) is 12.1 Å². The van der Waals surface area contributed by atoms with Gasteiger partial charge in [0.1, 0.15) is 11.3 Å². The van der Waals surface area contributed by atoms with Crippen molar-refractivity contribution in [2.75, 3.05) is 0 Å². The van der Waals surface area contributed by atoms with Crippen LogP contribution in [0.1, 0.15) is 6.92 Å². The summed E-state index contributed by atoms with van der Waals surface area (Å²) in [5.41, 5.74) is 0.537. The number of allylic oxidation sites excluding steroid dienone is 2. The van der Waals surface area contributed by atoms with E-state index in [9.17, 15) is 4.79 Å². The van der Waals surface area contributed by atoms with Crippen molar-refractivity contribution >= 4 is 33.4 Å². The minimum absolute atomic E-state index is 0.0694. The predicted molar refractivity (Wildman–Crippen MR) is 58.5 cm³/mol. The summed E-state index contributed by atoms with van der Waals surface area (Å²) >= 11 is 9.19. The molecule has 0 aromatic carbocycles. The number of carbonyl (C=O) groups is 1. The quantitative estimate of drug-likeness (QED) is 0.686. The normalized spacial score (nSPS) is 25.9. The third kappa shape index (κ3) is 1.48. The molecule has 1 N–H and O–H groups in total. The van der Waals surface area contributed by atoms with Crippen LogP contribution in [0.4, 0.5) is 0 Å². The van der Waals surface area contributed by atoms with Gasteiger partial charge < -0.3 is 5.32 Å². The van der Waals surface area contributed by atoms with E-state index in [1.165, 1.54) is 0 Å². The number of nitrogens with zero attached hydrogens (tertiary/aromatic N) is 1. The van der Waals surface area contributed by atoms with Crippen LogP contribution in [-0.4, -0.2) is 17.0 Å². The van der Waals surface area contributed by atoms with Crippen molar-refractivity contribution in [2.24, 2.45) is 0 Å². The summed E-state index contributed by atoms with van der Waals surface area (Å²) < 4.78 is 0.870. The standard InChI is InChI=1S/C9H8BrClN2O/c1-5-8(11)12-7-3-2-6(10)4-13(7)9(5)14/h2-4,7,12H,1H3. The SMILES string of the molecule is CC1=C(Cl)NC2C=CC(Br)=CN2C1=O. The van der Waals surface area contributed by atoms with Gasteiger partial charge in [0.15, 0.2) is 0 Å². The molecule has 0 spiro atoms. The Hall–Kier alpha value is -0.740. The number of hydrogen-bond acceptors (Lipinski definition) is 2. The lowest BCUT2D eigenvalue weighted by molar-refractivity contribution is -0.126. The van der Waals surface area contributed by atoms with E-state index >= 15 is 0 Å². The van der Waals surface area contributed by atoms with Gasteiger partial charge in [-0.05, 0) is 35.0 Å². The highest BCUT2D eigenvalue weighted by Gasteiger charge is 2.30. The van der Waals surface area contributed by atoms with E-state index in [2.05, 4.69) is 21.2 Å². The number of amides is 1. The first kappa shape index (κ1) is 9.80. The van der Waals surface area contributed by atoms with Crippen molar-refractivity contribution < 1.29 is 4.79 Å². The molecular weight excluding hydrogens is 267 g/mol. The molecule has 0 bridgehead atoms. The van der Waals surface area contributed by atoms with Gasteiger partial charge in [-0.3, -0.25) is 9.69 Å². The molecule has 1 unspecified atom stereocenters. The molecular formula is C9H8BrClN2O. The molecule has 0 aliphatic carbocycles. The van der Waals surface area contributed by atoms with Gasteiger partial charge in [-0.1, -0.05) is 11.6 Å². The Kier molecular flexibility index (Phi) is 2.41. The number of carbonyl (C=O) groups excluding carboxylic acids is 1. The summed E-state index contributed by atoms with van der Waals surface area (Å²) in [5.74, 6) is -0.0694. The molecule has 0 saturated carbocycles. The van der Waals surface area contributed by atoms with Crippen LogP contribution >= 0.6 is 27.5 Å².